The van der Waals surface area contributed by atoms with Gasteiger partial charge in [-0.1, -0.05) is 18.2 Å². The monoisotopic (exact) mass is 193 g/mol. The number of hydrogen-bond donors (Lipinski definition) is 2. The quantitative estimate of drug-likeness (QED) is 0.766. The lowest BCUT2D eigenvalue weighted by molar-refractivity contribution is 0.167. The molecule has 1 aromatic rings. The van der Waals surface area contributed by atoms with Crippen LogP contribution in [0.4, 0.5) is 0 Å². The number of rotatable bonds is 4. The van der Waals surface area contributed by atoms with Gasteiger partial charge in [-0.05, 0) is 50.6 Å². The van der Waals surface area contributed by atoms with Crippen LogP contribution in [0.25, 0.3) is 0 Å². The highest BCUT2D eigenvalue weighted by Crippen LogP contribution is 2.19. The van der Waals surface area contributed by atoms with Gasteiger partial charge in [0.05, 0.1) is 6.10 Å². The molecule has 2 N–H and O–H groups in total. The lowest BCUT2D eigenvalue weighted by atomic mass is 10.0. The van der Waals surface area contributed by atoms with E-state index < -0.39 is 0 Å². The minimum absolute atomic E-state index is 0.346. The predicted molar refractivity (Wildman–Crippen MR) is 59.4 cm³/mol. The number of hydrogen-bond acceptors (Lipinski definition) is 2. The number of nitrogens with one attached hydrogen (secondary N) is 1. The van der Waals surface area contributed by atoms with Crippen molar-refractivity contribution in [2.45, 2.75) is 26.4 Å². The Balaban J connectivity index is 2.70. The third kappa shape index (κ3) is 2.82. The summed E-state index contributed by atoms with van der Waals surface area (Å²) in [5.41, 5.74) is 3.53. The molecule has 0 unspecified atom stereocenters. The van der Waals surface area contributed by atoms with E-state index in [1.165, 1.54) is 11.1 Å². The van der Waals surface area contributed by atoms with Gasteiger partial charge in [-0.15, -0.1) is 0 Å². The Morgan fingerprint density at radius 1 is 1.29 bits per heavy atom. The molecule has 0 spiro atoms. The fraction of sp³-hybridized carbons (Fsp3) is 0.500. The zero-order valence-electron chi connectivity index (χ0n) is 9.17. The van der Waals surface area contributed by atoms with Crippen LogP contribution in [-0.4, -0.2) is 18.7 Å². The van der Waals surface area contributed by atoms with Crippen LogP contribution in [0, 0.1) is 13.8 Å². The minimum Gasteiger partial charge on any atom is -0.388 e. The molecule has 0 bridgehead atoms. The second kappa shape index (κ2) is 5.13. The van der Waals surface area contributed by atoms with Crippen molar-refractivity contribution in [1.29, 1.82) is 0 Å². The molecular weight excluding hydrogens is 174 g/mol. The molecule has 14 heavy (non-hydrogen) atoms. The predicted octanol–water partition coefficient (Wildman–Crippen LogP) is 1.95. The molecule has 0 radical (unpaired) electrons. The highest BCUT2D eigenvalue weighted by molar-refractivity contribution is 5.31. The lowest BCUT2D eigenvalue weighted by Crippen LogP contribution is -2.12. The largest absolute Gasteiger partial charge is 0.388 e. The molecule has 2 heteroatoms. The van der Waals surface area contributed by atoms with Gasteiger partial charge in [0.1, 0.15) is 0 Å². The van der Waals surface area contributed by atoms with Crippen molar-refractivity contribution in [2.75, 3.05) is 13.6 Å². The smallest absolute Gasteiger partial charge is 0.0802 e. The van der Waals surface area contributed by atoms with Crippen molar-refractivity contribution < 1.29 is 5.11 Å². The first-order valence-corrected chi connectivity index (χ1v) is 5.05. The van der Waals surface area contributed by atoms with E-state index in [1.54, 1.807) is 0 Å². The van der Waals surface area contributed by atoms with Gasteiger partial charge in [0.2, 0.25) is 0 Å². The summed E-state index contributed by atoms with van der Waals surface area (Å²) in [4.78, 5) is 0. The van der Waals surface area contributed by atoms with Gasteiger partial charge in [-0.25, -0.2) is 0 Å². The molecular formula is C12H19NO. The molecule has 0 fully saturated rings. The molecule has 1 aromatic carbocycles. The standard InChI is InChI=1S/C12H19NO/c1-9-4-5-11(8-10(9)2)12(14)6-7-13-3/h4-5,8,12-14H,6-7H2,1-3H3/t12-/m1/s1. The zero-order valence-corrected chi connectivity index (χ0v) is 9.17. The summed E-state index contributed by atoms with van der Waals surface area (Å²) in [5, 5.41) is 12.9. The zero-order chi connectivity index (χ0) is 10.6. The van der Waals surface area contributed by atoms with Gasteiger partial charge in [0.25, 0.3) is 0 Å². The molecule has 0 heterocycles. The number of benzene rings is 1. The average molecular weight is 193 g/mol. The topological polar surface area (TPSA) is 32.3 Å². The Morgan fingerprint density at radius 3 is 2.57 bits per heavy atom. The fourth-order valence-electron chi connectivity index (χ4n) is 1.42. The molecule has 0 saturated heterocycles. The molecule has 0 aliphatic rings. The van der Waals surface area contributed by atoms with Crippen LogP contribution in [0.5, 0.6) is 0 Å². The summed E-state index contributed by atoms with van der Waals surface area (Å²) in [7, 11) is 1.90. The molecule has 0 amide bonds. The Kier molecular flexibility index (Phi) is 4.11. The molecule has 78 valence electrons. The van der Waals surface area contributed by atoms with Crippen molar-refractivity contribution in [3.05, 3.63) is 34.9 Å². The molecule has 0 aromatic heterocycles. The molecule has 0 aliphatic carbocycles. The third-order valence-corrected chi connectivity index (χ3v) is 2.58. The second-order valence-electron chi connectivity index (χ2n) is 3.75. The van der Waals surface area contributed by atoms with Crippen molar-refractivity contribution in [2.24, 2.45) is 0 Å². The maximum atomic E-state index is 9.83. The van der Waals surface area contributed by atoms with E-state index >= 15 is 0 Å². The first-order valence-electron chi connectivity index (χ1n) is 5.05. The Hall–Kier alpha value is -0.860. The number of aliphatic hydroxyl groups excluding tert-OH is 1. The Labute approximate surface area is 86.0 Å². The summed E-state index contributed by atoms with van der Waals surface area (Å²) >= 11 is 0. The van der Waals surface area contributed by atoms with E-state index in [2.05, 4.69) is 31.3 Å². The third-order valence-electron chi connectivity index (χ3n) is 2.58. The molecule has 1 rings (SSSR count). The van der Waals surface area contributed by atoms with Crippen LogP contribution in [0.15, 0.2) is 18.2 Å². The van der Waals surface area contributed by atoms with Crippen molar-refractivity contribution in [1.82, 2.24) is 5.32 Å². The van der Waals surface area contributed by atoms with Gasteiger partial charge in [-0.3, -0.25) is 0 Å². The average Bonchev–Trinajstić information content (AvgIpc) is 2.18. The Bertz CT molecular complexity index is 296. The van der Waals surface area contributed by atoms with E-state index in [1.807, 2.05) is 13.1 Å². The van der Waals surface area contributed by atoms with E-state index in [4.69, 9.17) is 0 Å². The van der Waals surface area contributed by atoms with Gasteiger partial charge in [-0.2, -0.15) is 0 Å². The van der Waals surface area contributed by atoms with Crippen LogP contribution < -0.4 is 5.32 Å². The van der Waals surface area contributed by atoms with Crippen LogP contribution in [0.2, 0.25) is 0 Å². The van der Waals surface area contributed by atoms with Crippen molar-refractivity contribution in [3.8, 4) is 0 Å². The van der Waals surface area contributed by atoms with Crippen molar-refractivity contribution >= 4 is 0 Å². The van der Waals surface area contributed by atoms with E-state index in [-0.39, 0.29) is 6.10 Å². The molecule has 0 aliphatic heterocycles. The summed E-state index contributed by atoms with van der Waals surface area (Å²) in [5.74, 6) is 0. The first kappa shape index (κ1) is 11.2. The van der Waals surface area contributed by atoms with Crippen LogP contribution in [0.3, 0.4) is 0 Å². The van der Waals surface area contributed by atoms with E-state index in [9.17, 15) is 5.11 Å². The molecule has 1 atom stereocenters. The summed E-state index contributed by atoms with van der Waals surface area (Å²) in [6, 6.07) is 6.13. The fourth-order valence-corrected chi connectivity index (χ4v) is 1.42. The highest BCUT2D eigenvalue weighted by atomic mass is 16.3. The number of aryl methyl sites for hydroxylation is 2. The van der Waals surface area contributed by atoms with Crippen LogP contribution in [-0.2, 0) is 0 Å². The SMILES string of the molecule is CNCC[C@@H](O)c1ccc(C)c(C)c1. The molecule has 2 nitrogen and oxygen atoms in total. The Morgan fingerprint density at radius 2 is 2.00 bits per heavy atom. The first-order chi connectivity index (χ1) is 6.65. The van der Waals surface area contributed by atoms with Crippen LogP contribution >= 0.6 is 0 Å². The maximum absolute atomic E-state index is 9.83. The van der Waals surface area contributed by atoms with E-state index in [0.717, 1.165) is 18.5 Å². The van der Waals surface area contributed by atoms with Gasteiger partial charge in [0.15, 0.2) is 0 Å². The summed E-state index contributed by atoms with van der Waals surface area (Å²) in [6.07, 6.45) is 0.417. The minimum atomic E-state index is -0.346. The normalized spacial score (nSPS) is 12.9. The van der Waals surface area contributed by atoms with Gasteiger partial charge in [0, 0.05) is 0 Å². The second-order valence-corrected chi connectivity index (χ2v) is 3.75. The summed E-state index contributed by atoms with van der Waals surface area (Å²) in [6.45, 7) is 5.00. The van der Waals surface area contributed by atoms with Gasteiger partial charge >= 0.3 is 0 Å². The maximum Gasteiger partial charge on any atom is 0.0802 e. The number of aliphatic hydroxyl groups is 1. The van der Waals surface area contributed by atoms with E-state index in [0.29, 0.717) is 0 Å². The lowest BCUT2D eigenvalue weighted by Gasteiger charge is -2.12. The van der Waals surface area contributed by atoms with Gasteiger partial charge < -0.3 is 10.4 Å². The molecule has 0 saturated carbocycles. The highest BCUT2D eigenvalue weighted by Gasteiger charge is 2.07. The van der Waals surface area contributed by atoms with Crippen molar-refractivity contribution in [3.63, 3.8) is 0 Å². The van der Waals surface area contributed by atoms with Crippen LogP contribution in [0.1, 0.15) is 29.2 Å². The summed E-state index contributed by atoms with van der Waals surface area (Å²) < 4.78 is 0.